The second kappa shape index (κ2) is 8.19. The number of thiophene rings is 1. The van der Waals surface area contributed by atoms with Crippen molar-refractivity contribution in [3.63, 3.8) is 0 Å². The molecule has 1 amide bonds. The number of hydrogen-bond acceptors (Lipinski definition) is 5. The van der Waals surface area contributed by atoms with Crippen molar-refractivity contribution in [3.05, 3.63) is 45.3 Å². The zero-order valence-corrected chi connectivity index (χ0v) is 18.2. The summed E-state index contributed by atoms with van der Waals surface area (Å²) in [6, 6.07) is 6.42. The molecule has 2 heterocycles. The van der Waals surface area contributed by atoms with Crippen LogP contribution in [0.3, 0.4) is 0 Å². The van der Waals surface area contributed by atoms with E-state index in [1.807, 2.05) is 0 Å². The third-order valence-corrected chi connectivity index (χ3v) is 7.11. The maximum absolute atomic E-state index is 12.9. The summed E-state index contributed by atoms with van der Waals surface area (Å²) in [6.07, 6.45) is 4.98. The lowest BCUT2D eigenvalue weighted by atomic mass is 9.88. The third kappa shape index (κ3) is 4.04. The fourth-order valence-electron chi connectivity index (χ4n) is 4.46. The molecule has 1 aliphatic carbocycles. The van der Waals surface area contributed by atoms with Crippen LogP contribution in [0.5, 0.6) is 0 Å². The molecule has 2 aromatic rings. The monoisotopic (exact) mass is 412 g/mol. The first-order valence-corrected chi connectivity index (χ1v) is 11.1. The maximum atomic E-state index is 12.9. The molecule has 0 saturated heterocycles. The number of nitrogens with zero attached hydrogens (tertiary/aromatic N) is 1. The van der Waals surface area contributed by atoms with Gasteiger partial charge in [-0.05, 0) is 62.1 Å². The molecule has 0 fully saturated rings. The van der Waals surface area contributed by atoms with Crippen LogP contribution < -0.4 is 10.2 Å². The average Bonchev–Trinajstić information content (AvgIpc) is 3.03. The lowest BCUT2D eigenvalue weighted by molar-refractivity contribution is -0.115. The van der Waals surface area contributed by atoms with Gasteiger partial charge in [0.2, 0.25) is 5.91 Å². The summed E-state index contributed by atoms with van der Waals surface area (Å²) in [7, 11) is 1.40. The van der Waals surface area contributed by atoms with Gasteiger partial charge in [-0.15, -0.1) is 11.3 Å². The van der Waals surface area contributed by atoms with Crippen molar-refractivity contribution in [1.29, 1.82) is 0 Å². The summed E-state index contributed by atoms with van der Waals surface area (Å²) in [5.74, 6) is 0.157. The summed E-state index contributed by atoms with van der Waals surface area (Å²) in [5, 5.41) is 3.67. The Kier molecular flexibility index (Phi) is 5.63. The number of fused-ring (bicyclic) bond motifs is 2. The number of nitrogens with one attached hydrogen (secondary N) is 1. The molecule has 154 valence electrons. The molecule has 29 heavy (non-hydrogen) atoms. The Bertz CT molecular complexity index is 950. The zero-order valence-electron chi connectivity index (χ0n) is 17.3. The van der Waals surface area contributed by atoms with E-state index in [-0.39, 0.29) is 18.4 Å². The minimum atomic E-state index is -0.355. The first-order chi connectivity index (χ1) is 14.0. The quantitative estimate of drug-likeness (QED) is 0.758. The van der Waals surface area contributed by atoms with Crippen molar-refractivity contribution in [2.75, 3.05) is 30.4 Å². The molecule has 0 saturated carbocycles. The van der Waals surface area contributed by atoms with Crippen LogP contribution in [0.25, 0.3) is 0 Å². The van der Waals surface area contributed by atoms with E-state index in [1.54, 1.807) is 0 Å². The first-order valence-electron chi connectivity index (χ1n) is 10.3. The Morgan fingerprint density at radius 1 is 1.31 bits per heavy atom. The third-order valence-electron chi connectivity index (χ3n) is 5.94. The number of carbonyl (C=O) groups is 2. The van der Waals surface area contributed by atoms with Crippen LogP contribution in [-0.4, -0.2) is 32.1 Å². The van der Waals surface area contributed by atoms with Gasteiger partial charge in [0.25, 0.3) is 0 Å². The molecule has 1 atom stereocenters. The summed E-state index contributed by atoms with van der Waals surface area (Å²) < 4.78 is 5.02. The Hall–Kier alpha value is -2.34. The molecule has 6 heteroatoms. The predicted octanol–water partition coefficient (Wildman–Crippen LogP) is 4.36. The molecule has 5 nitrogen and oxygen atoms in total. The van der Waals surface area contributed by atoms with Gasteiger partial charge in [-0.2, -0.15) is 0 Å². The summed E-state index contributed by atoms with van der Waals surface area (Å²) in [6.45, 7) is 5.48. The topological polar surface area (TPSA) is 58.6 Å². The van der Waals surface area contributed by atoms with E-state index in [2.05, 4.69) is 42.3 Å². The average molecular weight is 413 g/mol. The molecule has 1 aromatic heterocycles. The van der Waals surface area contributed by atoms with E-state index >= 15 is 0 Å². The zero-order chi connectivity index (χ0) is 20.5. The molecular formula is C23H28N2O3S. The van der Waals surface area contributed by atoms with E-state index in [4.69, 9.17) is 4.74 Å². The second-order valence-corrected chi connectivity index (χ2v) is 9.36. The molecule has 4 rings (SSSR count). The molecule has 1 aromatic carbocycles. The summed E-state index contributed by atoms with van der Waals surface area (Å²) in [4.78, 5) is 28.7. The van der Waals surface area contributed by atoms with Crippen LogP contribution in [0, 0.1) is 12.8 Å². The minimum Gasteiger partial charge on any atom is -0.465 e. The Morgan fingerprint density at radius 3 is 2.93 bits per heavy atom. The van der Waals surface area contributed by atoms with Crippen LogP contribution in [-0.2, 0) is 28.8 Å². The van der Waals surface area contributed by atoms with Crippen molar-refractivity contribution >= 4 is 33.9 Å². The highest BCUT2D eigenvalue weighted by Crippen LogP contribution is 2.40. The molecule has 1 aliphatic heterocycles. The molecule has 0 bridgehead atoms. The van der Waals surface area contributed by atoms with E-state index in [0.29, 0.717) is 16.5 Å². The molecule has 1 N–H and O–H groups in total. The van der Waals surface area contributed by atoms with Gasteiger partial charge in [0.05, 0.1) is 19.2 Å². The van der Waals surface area contributed by atoms with E-state index < -0.39 is 0 Å². The highest BCUT2D eigenvalue weighted by molar-refractivity contribution is 7.17. The fourth-order valence-corrected chi connectivity index (χ4v) is 5.88. The van der Waals surface area contributed by atoms with Crippen LogP contribution >= 0.6 is 11.3 Å². The molecule has 0 spiro atoms. The number of methoxy groups -OCH3 is 1. The number of ether oxygens (including phenoxy) is 1. The van der Waals surface area contributed by atoms with Gasteiger partial charge in [-0.3, -0.25) is 4.79 Å². The number of rotatable bonds is 4. The number of hydrogen-bond donors (Lipinski definition) is 1. The van der Waals surface area contributed by atoms with Gasteiger partial charge in [-0.25, -0.2) is 4.79 Å². The standard InChI is InChI=1S/C23H28N2O3S/c1-14-7-9-18-16(11-14)5-4-10-25(18)13-20(26)24-22-21(23(27)28-3)17-8-6-15(2)12-19(17)29-22/h7,9,11,15H,4-6,8,10,12-13H2,1-3H3,(H,24,26). The number of anilines is 2. The second-order valence-electron chi connectivity index (χ2n) is 8.25. The van der Waals surface area contributed by atoms with Gasteiger partial charge in [-0.1, -0.05) is 24.6 Å². The highest BCUT2D eigenvalue weighted by atomic mass is 32.1. The van der Waals surface area contributed by atoms with Crippen molar-refractivity contribution in [2.45, 2.75) is 46.0 Å². The van der Waals surface area contributed by atoms with Crippen LogP contribution in [0.4, 0.5) is 10.7 Å². The first kappa shape index (κ1) is 20.0. The van der Waals surface area contributed by atoms with Gasteiger partial charge in [0.1, 0.15) is 5.00 Å². The van der Waals surface area contributed by atoms with Gasteiger partial charge in [0, 0.05) is 17.1 Å². The number of aryl methyl sites for hydroxylation is 2. The van der Waals surface area contributed by atoms with Crippen molar-refractivity contribution in [2.24, 2.45) is 5.92 Å². The van der Waals surface area contributed by atoms with E-state index in [0.717, 1.165) is 49.9 Å². The summed E-state index contributed by atoms with van der Waals surface area (Å²) in [5.41, 5.74) is 5.32. The summed E-state index contributed by atoms with van der Waals surface area (Å²) >= 11 is 1.54. The van der Waals surface area contributed by atoms with E-state index in [9.17, 15) is 9.59 Å². The smallest absolute Gasteiger partial charge is 0.341 e. The number of amides is 1. The van der Waals surface area contributed by atoms with Crippen molar-refractivity contribution in [3.8, 4) is 0 Å². The lowest BCUT2D eigenvalue weighted by Crippen LogP contribution is -2.36. The molecule has 0 radical (unpaired) electrons. The van der Waals surface area contributed by atoms with Crippen molar-refractivity contribution < 1.29 is 14.3 Å². The lowest BCUT2D eigenvalue weighted by Gasteiger charge is -2.31. The Balaban J connectivity index is 1.54. The Labute approximate surface area is 176 Å². The van der Waals surface area contributed by atoms with E-state index in [1.165, 1.54) is 34.5 Å². The van der Waals surface area contributed by atoms with Gasteiger partial charge >= 0.3 is 5.97 Å². The maximum Gasteiger partial charge on any atom is 0.341 e. The fraction of sp³-hybridized carbons (Fsp3) is 0.478. The normalized spacial score (nSPS) is 18.0. The number of esters is 1. The Morgan fingerprint density at radius 2 is 2.14 bits per heavy atom. The predicted molar refractivity (Wildman–Crippen MR) is 117 cm³/mol. The van der Waals surface area contributed by atoms with Gasteiger partial charge < -0.3 is 15.0 Å². The van der Waals surface area contributed by atoms with Crippen LogP contribution in [0.1, 0.15) is 51.7 Å². The van der Waals surface area contributed by atoms with Gasteiger partial charge in [0.15, 0.2) is 0 Å². The van der Waals surface area contributed by atoms with Crippen LogP contribution in [0.2, 0.25) is 0 Å². The molecule has 2 aliphatic rings. The van der Waals surface area contributed by atoms with Crippen LogP contribution in [0.15, 0.2) is 18.2 Å². The molecule has 1 unspecified atom stereocenters. The number of carbonyl (C=O) groups excluding carboxylic acids is 2. The number of benzene rings is 1. The largest absolute Gasteiger partial charge is 0.465 e. The highest BCUT2D eigenvalue weighted by Gasteiger charge is 2.29. The molecular weight excluding hydrogens is 384 g/mol. The van der Waals surface area contributed by atoms with Crippen molar-refractivity contribution in [1.82, 2.24) is 0 Å². The minimum absolute atomic E-state index is 0.0878. The SMILES string of the molecule is COC(=O)c1c(NC(=O)CN2CCCc3cc(C)ccc32)sc2c1CCC(C)C2.